The highest BCUT2D eigenvalue weighted by Crippen LogP contribution is 2.35. The van der Waals surface area contributed by atoms with Gasteiger partial charge in [-0.2, -0.15) is 5.26 Å². The fourth-order valence-corrected chi connectivity index (χ4v) is 2.57. The van der Waals surface area contributed by atoms with Crippen molar-refractivity contribution in [3.05, 3.63) is 58.1 Å². The molecular formula is C15H12N2O3S. The molecule has 0 radical (unpaired) electrons. The molecule has 0 atom stereocenters. The topological polar surface area (TPSA) is 76.2 Å². The molecule has 0 aliphatic heterocycles. The Morgan fingerprint density at radius 3 is 2.62 bits per heavy atom. The molecule has 21 heavy (non-hydrogen) atoms. The second kappa shape index (κ2) is 6.77. The van der Waals surface area contributed by atoms with Crippen molar-refractivity contribution in [2.24, 2.45) is 0 Å². The summed E-state index contributed by atoms with van der Waals surface area (Å²) in [4.78, 5) is 11.3. The van der Waals surface area contributed by atoms with Gasteiger partial charge in [-0.25, -0.2) is 0 Å². The van der Waals surface area contributed by atoms with E-state index in [1.54, 1.807) is 24.3 Å². The molecule has 0 aromatic heterocycles. The van der Waals surface area contributed by atoms with Crippen LogP contribution in [0.25, 0.3) is 0 Å². The van der Waals surface area contributed by atoms with Gasteiger partial charge in [0.2, 0.25) is 5.75 Å². The molecule has 0 fully saturated rings. The largest absolute Gasteiger partial charge is 0.449 e. The highest BCUT2D eigenvalue weighted by atomic mass is 32.2. The van der Waals surface area contributed by atoms with Gasteiger partial charge in [0, 0.05) is 11.0 Å². The predicted molar refractivity (Wildman–Crippen MR) is 80.7 cm³/mol. The number of hydrogen-bond acceptors (Lipinski definition) is 5. The quantitative estimate of drug-likeness (QED) is 0.465. The zero-order valence-electron chi connectivity index (χ0n) is 11.3. The lowest BCUT2D eigenvalue weighted by atomic mass is 10.2. The van der Waals surface area contributed by atoms with E-state index in [4.69, 9.17) is 4.74 Å². The van der Waals surface area contributed by atoms with Gasteiger partial charge >= 0.3 is 5.69 Å². The molecule has 6 heteroatoms. The number of rotatable bonds is 5. The van der Waals surface area contributed by atoms with E-state index in [1.165, 1.54) is 23.9 Å². The molecule has 106 valence electrons. The number of thioether (sulfide) groups is 1. The van der Waals surface area contributed by atoms with Crippen molar-refractivity contribution in [2.75, 3.05) is 5.75 Å². The van der Waals surface area contributed by atoms with Crippen molar-refractivity contribution >= 4 is 17.4 Å². The first kappa shape index (κ1) is 14.9. The van der Waals surface area contributed by atoms with Gasteiger partial charge in [0.15, 0.2) is 0 Å². The zero-order valence-corrected chi connectivity index (χ0v) is 12.1. The predicted octanol–water partition coefficient (Wildman–Crippen LogP) is 4.37. The van der Waals surface area contributed by atoms with E-state index in [0.29, 0.717) is 11.3 Å². The summed E-state index contributed by atoms with van der Waals surface area (Å²) in [5.74, 6) is 1.27. The lowest BCUT2D eigenvalue weighted by molar-refractivity contribution is -0.385. The Hall–Kier alpha value is -2.52. The number of ether oxygens (including phenoxy) is 1. The van der Waals surface area contributed by atoms with Crippen LogP contribution in [0.3, 0.4) is 0 Å². The maximum atomic E-state index is 11.0. The van der Waals surface area contributed by atoms with Crippen LogP contribution in [0.4, 0.5) is 5.69 Å². The minimum absolute atomic E-state index is 0.123. The standard InChI is InChI=1S/C15H12N2O3S/c1-2-21-15-9-5-8-13(11(15)10-16)20-14-7-4-3-6-12(14)17(18)19/h3-9H,2H2,1H3. The Morgan fingerprint density at radius 2 is 1.95 bits per heavy atom. The minimum atomic E-state index is -0.508. The molecule has 2 rings (SSSR count). The molecule has 0 amide bonds. The van der Waals surface area contributed by atoms with E-state index >= 15 is 0 Å². The van der Waals surface area contributed by atoms with Crippen LogP contribution in [0, 0.1) is 21.4 Å². The first-order valence-corrected chi connectivity index (χ1v) is 7.23. The van der Waals surface area contributed by atoms with E-state index in [2.05, 4.69) is 6.07 Å². The van der Waals surface area contributed by atoms with Gasteiger partial charge in [0.25, 0.3) is 0 Å². The number of nitro groups is 1. The molecule has 0 saturated heterocycles. The monoisotopic (exact) mass is 300 g/mol. The molecule has 0 saturated carbocycles. The smallest absolute Gasteiger partial charge is 0.311 e. The molecule has 5 nitrogen and oxygen atoms in total. The first-order chi connectivity index (χ1) is 10.2. The molecule has 2 aromatic rings. The van der Waals surface area contributed by atoms with Gasteiger partial charge in [0.1, 0.15) is 17.4 Å². The summed E-state index contributed by atoms with van der Waals surface area (Å²) >= 11 is 1.53. The van der Waals surface area contributed by atoms with Gasteiger partial charge in [-0.15, -0.1) is 11.8 Å². The summed E-state index contributed by atoms with van der Waals surface area (Å²) in [6, 6.07) is 13.4. The van der Waals surface area contributed by atoms with Crippen LogP contribution in [0.2, 0.25) is 0 Å². The van der Waals surface area contributed by atoms with Crippen LogP contribution < -0.4 is 4.74 Å². The van der Waals surface area contributed by atoms with Crippen LogP contribution in [0.5, 0.6) is 11.5 Å². The van der Waals surface area contributed by atoms with Crippen LogP contribution in [0.15, 0.2) is 47.4 Å². The lowest BCUT2D eigenvalue weighted by Gasteiger charge is -2.10. The molecule has 0 aliphatic carbocycles. The number of nitriles is 1. The summed E-state index contributed by atoms with van der Waals surface area (Å²) in [5, 5.41) is 20.3. The third-order valence-electron chi connectivity index (χ3n) is 2.68. The minimum Gasteiger partial charge on any atom is -0.449 e. The highest BCUT2D eigenvalue weighted by Gasteiger charge is 2.17. The summed E-state index contributed by atoms with van der Waals surface area (Å²) in [6.07, 6.45) is 0. The maximum absolute atomic E-state index is 11.0. The Morgan fingerprint density at radius 1 is 1.24 bits per heavy atom. The molecule has 2 aromatic carbocycles. The second-order valence-corrected chi connectivity index (χ2v) is 5.31. The van der Waals surface area contributed by atoms with Gasteiger partial charge in [-0.3, -0.25) is 10.1 Å². The molecule has 0 spiro atoms. The van der Waals surface area contributed by atoms with Crippen LogP contribution >= 0.6 is 11.8 Å². The molecule has 0 unspecified atom stereocenters. The number of para-hydroxylation sites is 2. The summed E-state index contributed by atoms with van der Waals surface area (Å²) < 4.78 is 5.60. The Bertz CT molecular complexity index is 710. The first-order valence-electron chi connectivity index (χ1n) is 6.24. The average molecular weight is 300 g/mol. The summed E-state index contributed by atoms with van der Waals surface area (Å²) in [6.45, 7) is 1.99. The van der Waals surface area contributed by atoms with Crippen molar-refractivity contribution in [3.8, 4) is 17.6 Å². The number of benzene rings is 2. The zero-order chi connectivity index (χ0) is 15.2. The fraction of sp³-hybridized carbons (Fsp3) is 0.133. The Balaban J connectivity index is 2.43. The van der Waals surface area contributed by atoms with E-state index in [1.807, 2.05) is 13.0 Å². The van der Waals surface area contributed by atoms with E-state index in [0.717, 1.165) is 10.6 Å². The lowest BCUT2D eigenvalue weighted by Crippen LogP contribution is -1.95. The summed E-state index contributed by atoms with van der Waals surface area (Å²) in [5.41, 5.74) is 0.262. The number of nitro benzene ring substituents is 1. The van der Waals surface area contributed by atoms with Crippen molar-refractivity contribution < 1.29 is 9.66 Å². The number of hydrogen-bond donors (Lipinski definition) is 0. The van der Waals surface area contributed by atoms with Gasteiger partial charge in [-0.1, -0.05) is 25.1 Å². The second-order valence-electron chi connectivity index (χ2n) is 4.00. The average Bonchev–Trinajstić information content (AvgIpc) is 2.48. The molecular weight excluding hydrogens is 288 g/mol. The fourth-order valence-electron chi connectivity index (χ4n) is 1.79. The third kappa shape index (κ3) is 3.33. The maximum Gasteiger partial charge on any atom is 0.311 e. The van der Waals surface area contributed by atoms with Gasteiger partial charge in [-0.05, 0) is 24.0 Å². The molecule has 0 bridgehead atoms. The Kier molecular flexibility index (Phi) is 4.80. The summed E-state index contributed by atoms with van der Waals surface area (Å²) in [7, 11) is 0. The third-order valence-corrected chi connectivity index (χ3v) is 3.62. The molecule has 0 heterocycles. The van der Waals surface area contributed by atoms with Gasteiger partial charge < -0.3 is 4.74 Å². The Labute approximate surface area is 126 Å². The van der Waals surface area contributed by atoms with Crippen molar-refractivity contribution in [3.63, 3.8) is 0 Å². The van der Waals surface area contributed by atoms with Crippen LogP contribution in [0.1, 0.15) is 12.5 Å². The molecule has 0 aliphatic rings. The highest BCUT2D eigenvalue weighted by molar-refractivity contribution is 7.99. The van der Waals surface area contributed by atoms with Crippen molar-refractivity contribution in [1.29, 1.82) is 5.26 Å². The van der Waals surface area contributed by atoms with Crippen molar-refractivity contribution in [1.82, 2.24) is 0 Å². The molecule has 0 N–H and O–H groups in total. The van der Waals surface area contributed by atoms with E-state index in [-0.39, 0.29) is 11.4 Å². The van der Waals surface area contributed by atoms with E-state index < -0.39 is 4.92 Å². The SMILES string of the molecule is CCSc1cccc(Oc2ccccc2[N+](=O)[O-])c1C#N. The van der Waals surface area contributed by atoms with Gasteiger partial charge in [0.05, 0.1) is 4.92 Å². The number of nitrogens with zero attached hydrogens (tertiary/aromatic N) is 2. The van der Waals surface area contributed by atoms with Crippen LogP contribution in [-0.2, 0) is 0 Å². The van der Waals surface area contributed by atoms with Crippen molar-refractivity contribution in [2.45, 2.75) is 11.8 Å². The van der Waals surface area contributed by atoms with Crippen LogP contribution in [-0.4, -0.2) is 10.7 Å². The normalized spacial score (nSPS) is 9.90. The van der Waals surface area contributed by atoms with E-state index in [9.17, 15) is 15.4 Å².